The van der Waals surface area contributed by atoms with Gasteiger partial charge in [-0.2, -0.15) is 0 Å². The van der Waals surface area contributed by atoms with Crippen LogP contribution in [0.15, 0.2) is 0 Å². The van der Waals surface area contributed by atoms with Crippen molar-refractivity contribution in [3.05, 3.63) is 0 Å². The summed E-state index contributed by atoms with van der Waals surface area (Å²) < 4.78 is 26.4. The van der Waals surface area contributed by atoms with Crippen LogP contribution in [-0.4, -0.2) is 61.6 Å². The van der Waals surface area contributed by atoms with Crippen molar-refractivity contribution in [2.24, 2.45) is 5.73 Å². The molecule has 2 atom stereocenters. The largest absolute Gasteiger partial charge is 0.329 e. The molecule has 0 aromatic rings. The van der Waals surface area contributed by atoms with E-state index >= 15 is 0 Å². The third-order valence-electron chi connectivity index (χ3n) is 3.95. The van der Waals surface area contributed by atoms with Crippen LogP contribution in [0.5, 0.6) is 0 Å². The Bertz CT molecular complexity index is 337. The Kier molecular flexibility index (Phi) is 6.04. The highest BCUT2D eigenvalue weighted by Gasteiger charge is 2.36. The highest BCUT2D eigenvalue weighted by atomic mass is 32.2. The standard InChI is InChI=1S/C12H27N3O2S/c1-4-12(9-13)18(16,17)15-8-7-11(10-15)14(5-2)6-3/h11-12H,4-10,13H2,1-3H3. The van der Waals surface area contributed by atoms with Crippen LogP contribution in [0.3, 0.4) is 0 Å². The van der Waals surface area contributed by atoms with Gasteiger partial charge in [-0.15, -0.1) is 0 Å². The van der Waals surface area contributed by atoms with Crippen LogP contribution < -0.4 is 5.73 Å². The molecule has 0 radical (unpaired) electrons. The second kappa shape index (κ2) is 6.84. The Morgan fingerprint density at radius 1 is 1.33 bits per heavy atom. The Balaban J connectivity index is 2.71. The van der Waals surface area contributed by atoms with Crippen molar-refractivity contribution in [3.63, 3.8) is 0 Å². The van der Waals surface area contributed by atoms with Gasteiger partial charge in [0.05, 0.1) is 5.25 Å². The van der Waals surface area contributed by atoms with Gasteiger partial charge in [-0.05, 0) is 25.9 Å². The van der Waals surface area contributed by atoms with Crippen LogP contribution in [0.2, 0.25) is 0 Å². The minimum atomic E-state index is -3.20. The molecule has 1 aliphatic rings. The van der Waals surface area contributed by atoms with Gasteiger partial charge in [-0.3, -0.25) is 4.90 Å². The summed E-state index contributed by atoms with van der Waals surface area (Å²) in [5, 5.41) is -0.423. The van der Waals surface area contributed by atoms with E-state index in [0.717, 1.165) is 19.5 Å². The molecular weight excluding hydrogens is 250 g/mol. The predicted molar refractivity (Wildman–Crippen MR) is 75.0 cm³/mol. The van der Waals surface area contributed by atoms with Gasteiger partial charge in [0.2, 0.25) is 10.0 Å². The molecule has 2 N–H and O–H groups in total. The molecule has 5 nitrogen and oxygen atoms in total. The molecule has 0 bridgehead atoms. The molecule has 1 rings (SSSR count). The molecular formula is C12H27N3O2S. The number of hydrogen-bond acceptors (Lipinski definition) is 4. The van der Waals surface area contributed by atoms with Gasteiger partial charge in [0, 0.05) is 25.7 Å². The number of rotatable bonds is 7. The molecule has 1 saturated heterocycles. The number of sulfonamides is 1. The summed E-state index contributed by atoms with van der Waals surface area (Å²) in [6, 6.07) is 0.366. The van der Waals surface area contributed by atoms with E-state index in [9.17, 15) is 8.42 Å². The number of hydrogen-bond donors (Lipinski definition) is 1. The van der Waals surface area contributed by atoms with Crippen LogP contribution in [-0.2, 0) is 10.0 Å². The topological polar surface area (TPSA) is 66.6 Å². The molecule has 1 fully saturated rings. The Hall–Kier alpha value is -0.170. The van der Waals surface area contributed by atoms with Crippen LogP contribution in [0.25, 0.3) is 0 Å². The van der Waals surface area contributed by atoms with Crippen LogP contribution >= 0.6 is 0 Å². The maximum Gasteiger partial charge on any atom is 0.218 e. The third-order valence-corrected chi connectivity index (χ3v) is 6.37. The van der Waals surface area contributed by atoms with E-state index in [4.69, 9.17) is 5.73 Å². The highest BCUT2D eigenvalue weighted by molar-refractivity contribution is 7.89. The summed E-state index contributed by atoms with van der Waals surface area (Å²) in [4.78, 5) is 2.33. The van der Waals surface area contributed by atoms with E-state index in [1.54, 1.807) is 4.31 Å². The molecule has 18 heavy (non-hydrogen) atoms. The molecule has 1 heterocycles. The summed E-state index contributed by atoms with van der Waals surface area (Å²) in [6.07, 6.45) is 1.52. The maximum absolute atomic E-state index is 12.4. The first kappa shape index (κ1) is 15.9. The number of nitrogens with two attached hydrogens (primary N) is 1. The van der Waals surface area contributed by atoms with Crippen molar-refractivity contribution >= 4 is 10.0 Å². The van der Waals surface area contributed by atoms with E-state index in [1.165, 1.54) is 0 Å². The fourth-order valence-electron chi connectivity index (χ4n) is 2.69. The number of nitrogens with zero attached hydrogens (tertiary/aromatic N) is 2. The van der Waals surface area contributed by atoms with E-state index in [0.29, 0.717) is 25.6 Å². The molecule has 0 saturated carbocycles. The molecule has 108 valence electrons. The van der Waals surface area contributed by atoms with E-state index in [2.05, 4.69) is 18.7 Å². The van der Waals surface area contributed by atoms with Gasteiger partial charge in [-0.25, -0.2) is 12.7 Å². The van der Waals surface area contributed by atoms with Crippen LogP contribution in [0.4, 0.5) is 0 Å². The minimum absolute atomic E-state index is 0.214. The second-order valence-electron chi connectivity index (χ2n) is 4.83. The smallest absolute Gasteiger partial charge is 0.218 e. The van der Waals surface area contributed by atoms with Gasteiger partial charge in [0.25, 0.3) is 0 Å². The average molecular weight is 277 g/mol. The normalized spacial score (nSPS) is 23.7. The van der Waals surface area contributed by atoms with E-state index < -0.39 is 15.3 Å². The van der Waals surface area contributed by atoms with Gasteiger partial charge < -0.3 is 5.73 Å². The lowest BCUT2D eigenvalue weighted by atomic mass is 10.2. The zero-order valence-electron chi connectivity index (χ0n) is 11.8. The molecule has 6 heteroatoms. The molecule has 0 aromatic heterocycles. The molecule has 0 amide bonds. The first-order chi connectivity index (χ1) is 8.51. The monoisotopic (exact) mass is 277 g/mol. The van der Waals surface area contributed by atoms with E-state index in [1.807, 2.05) is 6.92 Å². The zero-order valence-corrected chi connectivity index (χ0v) is 12.6. The van der Waals surface area contributed by atoms with Crippen molar-refractivity contribution in [3.8, 4) is 0 Å². The van der Waals surface area contributed by atoms with Gasteiger partial charge in [0.1, 0.15) is 0 Å². The Labute approximate surface area is 111 Å². The van der Waals surface area contributed by atoms with Gasteiger partial charge in [0.15, 0.2) is 0 Å². The van der Waals surface area contributed by atoms with Crippen LogP contribution in [0.1, 0.15) is 33.6 Å². The lowest BCUT2D eigenvalue weighted by Gasteiger charge is -2.27. The number of likely N-dealkylation sites (N-methyl/N-ethyl adjacent to an activating group) is 1. The molecule has 0 aromatic carbocycles. The zero-order chi connectivity index (χ0) is 13.8. The summed E-state index contributed by atoms with van der Waals surface area (Å²) >= 11 is 0. The highest BCUT2D eigenvalue weighted by Crippen LogP contribution is 2.21. The summed E-state index contributed by atoms with van der Waals surface area (Å²) in [5.41, 5.74) is 5.57. The average Bonchev–Trinajstić information content (AvgIpc) is 2.82. The predicted octanol–water partition coefficient (Wildman–Crippen LogP) is 0.470. The van der Waals surface area contributed by atoms with Gasteiger partial charge >= 0.3 is 0 Å². The van der Waals surface area contributed by atoms with Crippen molar-refractivity contribution in [1.29, 1.82) is 0 Å². The maximum atomic E-state index is 12.4. The lowest BCUT2D eigenvalue weighted by molar-refractivity contribution is 0.224. The summed E-state index contributed by atoms with van der Waals surface area (Å²) in [5.74, 6) is 0. The molecule has 1 aliphatic heterocycles. The molecule has 0 spiro atoms. The quantitative estimate of drug-likeness (QED) is 0.734. The van der Waals surface area contributed by atoms with Crippen molar-refractivity contribution in [2.45, 2.75) is 44.9 Å². The van der Waals surface area contributed by atoms with Crippen molar-refractivity contribution < 1.29 is 8.42 Å². The van der Waals surface area contributed by atoms with E-state index in [-0.39, 0.29) is 6.54 Å². The third kappa shape index (κ3) is 3.23. The summed E-state index contributed by atoms with van der Waals surface area (Å²) in [6.45, 7) is 9.55. The fraction of sp³-hybridized carbons (Fsp3) is 1.00. The second-order valence-corrected chi connectivity index (χ2v) is 7.05. The van der Waals surface area contributed by atoms with Crippen molar-refractivity contribution in [2.75, 3.05) is 32.7 Å². The Morgan fingerprint density at radius 3 is 2.39 bits per heavy atom. The fourth-order valence-corrected chi connectivity index (χ4v) is 4.52. The summed E-state index contributed by atoms with van der Waals surface area (Å²) in [7, 11) is -3.20. The van der Waals surface area contributed by atoms with Crippen molar-refractivity contribution in [1.82, 2.24) is 9.21 Å². The SMILES string of the molecule is CCC(CN)S(=O)(=O)N1CCC(N(CC)CC)C1. The molecule has 0 aliphatic carbocycles. The first-order valence-electron chi connectivity index (χ1n) is 6.94. The van der Waals surface area contributed by atoms with Crippen LogP contribution in [0, 0.1) is 0 Å². The lowest BCUT2D eigenvalue weighted by Crippen LogP contribution is -2.43. The van der Waals surface area contributed by atoms with Gasteiger partial charge in [-0.1, -0.05) is 20.8 Å². The molecule has 2 unspecified atom stereocenters. The Morgan fingerprint density at radius 2 is 1.94 bits per heavy atom. The minimum Gasteiger partial charge on any atom is -0.329 e. The first-order valence-corrected chi connectivity index (χ1v) is 8.44.